The molecule has 1 aliphatic rings. The van der Waals surface area contributed by atoms with Gasteiger partial charge in [-0.3, -0.25) is 4.79 Å². The number of nitriles is 1. The van der Waals surface area contributed by atoms with Crippen molar-refractivity contribution in [1.29, 1.82) is 5.26 Å². The lowest BCUT2D eigenvalue weighted by Gasteiger charge is -2.21. The summed E-state index contributed by atoms with van der Waals surface area (Å²) in [7, 11) is 0. The molecule has 4 heteroatoms. The van der Waals surface area contributed by atoms with Gasteiger partial charge in [-0.25, -0.2) is 0 Å². The van der Waals surface area contributed by atoms with Crippen LogP contribution in [0.3, 0.4) is 0 Å². The molecule has 1 aliphatic carbocycles. The molecule has 0 atom stereocenters. The van der Waals surface area contributed by atoms with Crippen LogP contribution < -0.4 is 0 Å². The summed E-state index contributed by atoms with van der Waals surface area (Å²) in [5.74, 6) is -0.00873. The predicted octanol–water partition coefficient (Wildman–Crippen LogP) is 2.29. The lowest BCUT2D eigenvalue weighted by molar-refractivity contribution is -0.129. The number of hydrogen-bond acceptors (Lipinski definition) is 2. The number of halogens is 1. The molecular formula is C13H13ClN2O. The van der Waals surface area contributed by atoms with Crippen LogP contribution in [0.1, 0.15) is 24.0 Å². The van der Waals surface area contributed by atoms with Crippen molar-refractivity contribution < 1.29 is 4.79 Å². The Morgan fingerprint density at radius 1 is 1.53 bits per heavy atom. The van der Waals surface area contributed by atoms with Crippen LogP contribution >= 0.6 is 11.6 Å². The minimum Gasteiger partial charge on any atom is -0.334 e. The summed E-state index contributed by atoms with van der Waals surface area (Å²) in [5, 5.41) is 8.82. The maximum atomic E-state index is 11.7. The average Bonchev–Trinajstić information content (AvgIpc) is 3.19. The molecule has 88 valence electrons. The highest BCUT2D eigenvalue weighted by molar-refractivity contribution is 6.27. The Labute approximate surface area is 106 Å². The van der Waals surface area contributed by atoms with Gasteiger partial charge in [0.05, 0.1) is 11.6 Å². The van der Waals surface area contributed by atoms with Crippen molar-refractivity contribution in [3.05, 3.63) is 35.4 Å². The molecule has 1 saturated carbocycles. The SMILES string of the molecule is N#Cc1cccc(CN(C(=O)CCl)C2CC2)c1. The second-order valence-electron chi connectivity index (χ2n) is 4.20. The van der Waals surface area contributed by atoms with Crippen molar-refractivity contribution in [1.82, 2.24) is 4.90 Å². The third-order valence-corrected chi connectivity index (χ3v) is 3.06. The molecule has 0 spiro atoms. The molecule has 0 bridgehead atoms. The molecule has 3 nitrogen and oxygen atoms in total. The van der Waals surface area contributed by atoms with Gasteiger partial charge < -0.3 is 4.90 Å². The summed E-state index contributed by atoms with van der Waals surface area (Å²) in [6, 6.07) is 9.78. The Morgan fingerprint density at radius 2 is 2.29 bits per heavy atom. The lowest BCUT2D eigenvalue weighted by atomic mass is 10.1. The minimum absolute atomic E-state index is 0.0223. The number of benzene rings is 1. The zero-order valence-electron chi connectivity index (χ0n) is 9.40. The van der Waals surface area contributed by atoms with Gasteiger partial charge in [0.25, 0.3) is 0 Å². The largest absolute Gasteiger partial charge is 0.334 e. The van der Waals surface area contributed by atoms with E-state index in [4.69, 9.17) is 16.9 Å². The predicted molar refractivity (Wildman–Crippen MR) is 65.4 cm³/mol. The van der Waals surface area contributed by atoms with E-state index in [1.54, 1.807) is 6.07 Å². The van der Waals surface area contributed by atoms with Crippen LogP contribution in [-0.2, 0) is 11.3 Å². The van der Waals surface area contributed by atoms with E-state index in [0.717, 1.165) is 18.4 Å². The van der Waals surface area contributed by atoms with Crippen molar-refractivity contribution in [2.24, 2.45) is 0 Å². The van der Waals surface area contributed by atoms with Gasteiger partial charge in [0.15, 0.2) is 0 Å². The van der Waals surface area contributed by atoms with E-state index < -0.39 is 0 Å². The third-order valence-electron chi connectivity index (χ3n) is 2.83. The molecule has 2 rings (SSSR count). The molecule has 1 aromatic carbocycles. The highest BCUT2D eigenvalue weighted by Crippen LogP contribution is 2.28. The number of carbonyl (C=O) groups excluding carboxylic acids is 1. The standard InChI is InChI=1S/C13H13ClN2O/c14-7-13(17)16(12-4-5-12)9-11-3-1-2-10(6-11)8-15/h1-3,6,12H,4-5,7,9H2. The van der Waals surface area contributed by atoms with Crippen LogP contribution in [-0.4, -0.2) is 22.7 Å². The summed E-state index contributed by atoms with van der Waals surface area (Å²) in [6.07, 6.45) is 2.11. The molecule has 0 unspecified atom stereocenters. The molecule has 0 saturated heterocycles. The fourth-order valence-corrected chi connectivity index (χ4v) is 1.97. The van der Waals surface area contributed by atoms with Gasteiger partial charge >= 0.3 is 0 Å². The Morgan fingerprint density at radius 3 is 2.88 bits per heavy atom. The first-order valence-corrected chi connectivity index (χ1v) is 6.12. The maximum Gasteiger partial charge on any atom is 0.238 e. The van der Waals surface area contributed by atoms with Gasteiger partial charge in [-0.1, -0.05) is 12.1 Å². The van der Waals surface area contributed by atoms with Crippen LogP contribution in [0.2, 0.25) is 0 Å². The van der Waals surface area contributed by atoms with Gasteiger partial charge in [-0.05, 0) is 30.5 Å². The molecule has 1 amide bonds. The first-order valence-electron chi connectivity index (χ1n) is 5.59. The number of nitrogens with zero attached hydrogens (tertiary/aromatic N) is 2. The number of carbonyl (C=O) groups is 1. The van der Waals surface area contributed by atoms with E-state index in [-0.39, 0.29) is 11.8 Å². The first kappa shape index (κ1) is 11.9. The van der Waals surface area contributed by atoms with Gasteiger partial charge in [0.1, 0.15) is 5.88 Å². The summed E-state index contributed by atoms with van der Waals surface area (Å²) < 4.78 is 0. The fraction of sp³-hybridized carbons (Fsp3) is 0.385. The van der Waals surface area contributed by atoms with E-state index in [9.17, 15) is 4.79 Å². The molecule has 0 N–H and O–H groups in total. The summed E-state index contributed by atoms with van der Waals surface area (Å²) in [4.78, 5) is 13.5. The monoisotopic (exact) mass is 248 g/mol. The molecule has 0 aromatic heterocycles. The van der Waals surface area contributed by atoms with E-state index in [0.29, 0.717) is 18.2 Å². The number of alkyl halides is 1. The maximum absolute atomic E-state index is 11.7. The van der Waals surface area contributed by atoms with Gasteiger partial charge in [0.2, 0.25) is 5.91 Å². The van der Waals surface area contributed by atoms with Crippen molar-refractivity contribution in [3.63, 3.8) is 0 Å². The summed E-state index contributed by atoms with van der Waals surface area (Å²) in [6.45, 7) is 0.547. The lowest BCUT2D eigenvalue weighted by Crippen LogP contribution is -2.33. The zero-order valence-corrected chi connectivity index (χ0v) is 10.2. The van der Waals surface area contributed by atoms with Gasteiger partial charge in [-0.2, -0.15) is 5.26 Å². The minimum atomic E-state index is -0.0310. The highest BCUT2D eigenvalue weighted by atomic mass is 35.5. The third kappa shape index (κ3) is 2.98. The van der Waals surface area contributed by atoms with E-state index in [1.807, 2.05) is 23.1 Å². The quantitative estimate of drug-likeness (QED) is 0.768. The molecule has 0 heterocycles. The van der Waals surface area contributed by atoms with Crippen molar-refractivity contribution in [2.75, 3.05) is 5.88 Å². The van der Waals surface area contributed by atoms with Crippen molar-refractivity contribution in [3.8, 4) is 6.07 Å². The smallest absolute Gasteiger partial charge is 0.238 e. The topological polar surface area (TPSA) is 44.1 Å². The fourth-order valence-electron chi connectivity index (χ4n) is 1.82. The molecule has 1 aromatic rings. The Balaban J connectivity index is 2.11. The van der Waals surface area contributed by atoms with E-state index >= 15 is 0 Å². The second kappa shape index (κ2) is 5.20. The van der Waals surface area contributed by atoms with Crippen molar-refractivity contribution in [2.45, 2.75) is 25.4 Å². The second-order valence-corrected chi connectivity index (χ2v) is 4.47. The number of hydrogen-bond donors (Lipinski definition) is 0. The van der Waals surface area contributed by atoms with Crippen LogP contribution in [0.15, 0.2) is 24.3 Å². The average molecular weight is 249 g/mol. The Hall–Kier alpha value is -1.53. The zero-order chi connectivity index (χ0) is 12.3. The Kier molecular flexibility index (Phi) is 3.65. The number of amides is 1. The van der Waals surface area contributed by atoms with Crippen molar-refractivity contribution >= 4 is 17.5 Å². The molecule has 17 heavy (non-hydrogen) atoms. The van der Waals surface area contributed by atoms with Gasteiger partial charge in [0, 0.05) is 12.6 Å². The van der Waals surface area contributed by atoms with Gasteiger partial charge in [-0.15, -0.1) is 11.6 Å². The van der Waals surface area contributed by atoms with Crippen LogP contribution in [0.5, 0.6) is 0 Å². The van der Waals surface area contributed by atoms with E-state index in [2.05, 4.69) is 6.07 Å². The number of rotatable bonds is 4. The molecule has 0 aliphatic heterocycles. The summed E-state index contributed by atoms with van der Waals surface area (Å²) in [5.41, 5.74) is 1.60. The molecule has 1 fully saturated rings. The first-order chi connectivity index (χ1) is 8.24. The van der Waals surface area contributed by atoms with E-state index in [1.165, 1.54) is 0 Å². The van der Waals surface area contributed by atoms with Crippen LogP contribution in [0.25, 0.3) is 0 Å². The molecule has 0 radical (unpaired) electrons. The normalized spacial score (nSPS) is 14.1. The highest BCUT2D eigenvalue weighted by Gasteiger charge is 2.31. The van der Waals surface area contributed by atoms with Crippen LogP contribution in [0.4, 0.5) is 0 Å². The molecular weight excluding hydrogens is 236 g/mol. The Bertz CT molecular complexity index is 463. The summed E-state index contributed by atoms with van der Waals surface area (Å²) >= 11 is 5.60. The van der Waals surface area contributed by atoms with Crippen LogP contribution in [0, 0.1) is 11.3 Å².